The Morgan fingerprint density at radius 3 is 2.60 bits per heavy atom. The molecule has 0 bridgehead atoms. The van der Waals surface area contributed by atoms with E-state index < -0.39 is 0 Å². The summed E-state index contributed by atoms with van der Waals surface area (Å²) in [6.45, 7) is 1.61. The second-order valence-electron chi connectivity index (χ2n) is 6.27. The minimum atomic E-state index is 0.0231. The third-order valence-electron chi connectivity index (χ3n) is 4.48. The second-order valence-corrected chi connectivity index (χ2v) is 7.17. The number of rotatable bonds is 2. The van der Waals surface area contributed by atoms with Crippen LogP contribution in [0.5, 0.6) is 0 Å². The Bertz CT molecular complexity index is 880. The molecule has 1 fully saturated rings. The molecule has 0 aliphatic carbocycles. The highest BCUT2D eigenvalue weighted by molar-refractivity contribution is 7.13. The predicted molar refractivity (Wildman–Crippen MR) is 97.5 cm³/mol. The SMILES string of the molecule is Nc1cc(C(=O)N2CCCCCCC2)cc2nc(-c3nccs3)nn12. The van der Waals surface area contributed by atoms with Gasteiger partial charge in [0.2, 0.25) is 5.82 Å². The van der Waals surface area contributed by atoms with Crippen LogP contribution >= 0.6 is 11.3 Å². The summed E-state index contributed by atoms with van der Waals surface area (Å²) in [7, 11) is 0. The van der Waals surface area contributed by atoms with Crippen molar-refractivity contribution in [3.05, 3.63) is 29.3 Å². The van der Waals surface area contributed by atoms with E-state index in [9.17, 15) is 4.79 Å². The molecule has 3 aromatic rings. The Kier molecular flexibility index (Phi) is 4.35. The van der Waals surface area contributed by atoms with Gasteiger partial charge in [0.05, 0.1) is 0 Å². The van der Waals surface area contributed by atoms with Gasteiger partial charge in [0.15, 0.2) is 10.7 Å². The second kappa shape index (κ2) is 6.79. The van der Waals surface area contributed by atoms with Crippen molar-refractivity contribution in [2.45, 2.75) is 32.1 Å². The number of fused-ring (bicyclic) bond motifs is 1. The summed E-state index contributed by atoms with van der Waals surface area (Å²) < 4.78 is 1.56. The highest BCUT2D eigenvalue weighted by Gasteiger charge is 2.19. The number of hydrogen-bond acceptors (Lipinski definition) is 6. The Morgan fingerprint density at radius 1 is 1.12 bits per heavy atom. The van der Waals surface area contributed by atoms with Gasteiger partial charge in [-0.2, -0.15) is 4.52 Å². The highest BCUT2D eigenvalue weighted by atomic mass is 32.1. The van der Waals surface area contributed by atoms with Gasteiger partial charge in [0, 0.05) is 30.2 Å². The van der Waals surface area contributed by atoms with E-state index in [4.69, 9.17) is 5.73 Å². The third-order valence-corrected chi connectivity index (χ3v) is 5.25. The van der Waals surface area contributed by atoms with Gasteiger partial charge in [-0.25, -0.2) is 9.97 Å². The summed E-state index contributed by atoms with van der Waals surface area (Å²) in [6, 6.07) is 3.45. The van der Waals surface area contributed by atoms with E-state index in [1.165, 1.54) is 30.6 Å². The molecule has 0 radical (unpaired) electrons. The Balaban J connectivity index is 1.66. The molecule has 0 spiro atoms. The third kappa shape index (κ3) is 3.21. The predicted octanol–water partition coefficient (Wildman–Crippen LogP) is 2.84. The van der Waals surface area contributed by atoms with Crippen molar-refractivity contribution in [3.63, 3.8) is 0 Å². The number of carbonyl (C=O) groups excluding carboxylic acids is 1. The lowest BCUT2D eigenvalue weighted by Gasteiger charge is -2.25. The van der Waals surface area contributed by atoms with Crippen LogP contribution in [0.3, 0.4) is 0 Å². The van der Waals surface area contributed by atoms with Crippen LogP contribution in [0.15, 0.2) is 23.7 Å². The zero-order valence-electron chi connectivity index (χ0n) is 13.9. The number of carbonyl (C=O) groups is 1. The topological polar surface area (TPSA) is 89.4 Å². The maximum Gasteiger partial charge on any atom is 0.254 e. The van der Waals surface area contributed by atoms with Crippen LogP contribution in [0.2, 0.25) is 0 Å². The van der Waals surface area contributed by atoms with E-state index in [0.29, 0.717) is 22.9 Å². The van der Waals surface area contributed by atoms with Crippen LogP contribution in [-0.4, -0.2) is 43.5 Å². The van der Waals surface area contributed by atoms with Crippen molar-refractivity contribution in [1.82, 2.24) is 24.5 Å². The number of hydrogen-bond donors (Lipinski definition) is 1. The minimum Gasteiger partial charge on any atom is -0.384 e. The van der Waals surface area contributed by atoms with E-state index in [-0.39, 0.29) is 5.91 Å². The fraction of sp³-hybridized carbons (Fsp3) is 0.412. The van der Waals surface area contributed by atoms with E-state index in [0.717, 1.165) is 30.9 Å². The average Bonchev–Trinajstić information content (AvgIpc) is 3.23. The maximum absolute atomic E-state index is 12.9. The highest BCUT2D eigenvalue weighted by Crippen LogP contribution is 2.22. The number of anilines is 1. The van der Waals surface area contributed by atoms with Gasteiger partial charge in [-0.1, -0.05) is 19.3 Å². The molecule has 4 heterocycles. The molecule has 1 aliphatic rings. The summed E-state index contributed by atoms with van der Waals surface area (Å²) in [6.07, 6.45) is 7.47. The quantitative estimate of drug-likeness (QED) is 0.762. The summed E-state index contributed by atoms with van der Waals surface area (Å²) in [5.41, 5.74) is 7.26. The van der Waals surface area contributed by atoms with Gasteiger partial charge in [0.1, 0.15) is 5.82 Å². The van der Waals surface area contributed by atoms with Crippen LogP contribution in [0.4, 0.5) is 5.82 Å². The number of aromatic nitrogens is 4. The molecule has 1 aliphatic heterocycles. The Morgan fingerprint density at radius 2 is 1.88 bits per heavy atom. The number of amides is 1. The number of likely N-dealkylation sites (tertiary alicyclic amines) is 1. The van der Waals surface area contributed by atoms with Crippen molar-refractivity contribution in [2.75, 3.05) is 18.8 Å². The molecule has 1 saturated heterocycles. The molecule has 0 aromatic carbocycles. The van der Waals surface area contributed by atoms with Gasteiger partial charge in [-0.15, -0.1) is 16.4 Å². The van der Waals surface area contributed by atoms with Crippen LogP contribution in [0.1, 0.15) is 42.5 Å². The number of thiazole rings is 1. The van der Waals surface area contributed by atoms with Gasteiger partial charge < -0.3 is 10.6 Å². The van der Waals surface area contributed by atoms with Crippen molar-refractivity contribution >= 4 is 28.7 Å². The van der Waals surface area contributed by atoms with Crippen molar-refractivity contribution < 1.29 is 4.79 Å². The summed E-state index contributed by atoms with van der Waals surface area (Å²) >= 11 is 1.47. The lowest BCUT2D eigenvalue weighted by Crippen LogP contribution is -2.34. The average molecular weight is 356 g/mol. The molecule has 130 valence electrons. The first-order chi connectivity index (χ1) is 12.2. The first kappa shape index (κ1) is 16.0. The first-order valence-electron chi connectivity index (χ1n) is 8.58. The number of pyridine rings is 1. The minimum absolute atomic E-state index is 0.0231. The number of nitrogen functional groups attached to an aromatic ring is 1. The van der Waals surface area contributed by atoms with E-state index in [2.05, 4.69) is 15.1 Å². The van der Waals surface area contributed by atoms with Crippen molar-refractivity contribution in [1.29, 1.82) is 0 Å². The zero-order valence-corrected chi connectivity index (χ0v) is 14.7. The van der Waals surface area contributed by atoms with E-state index >= 15 is 0 Å². The van der Waals surface area contributed by atoms with E-state index in [1.54, 1.807) is 22.8 Å². The monoisotopic (exact) mass is 356 g/mol. The van der Waals surface area contributed by atoms with Gasteiger partial charge in [0.25, 0.3) is 5.91 Å². The molecule has 3 aromatic heterocycles. The van der Waals surface area contributed by atoms with Gasteiger partial charge in [-0.05, 0) is 25.0 Å². The Hall–Kier alpha value is -2.48. The van der Waals surface area contributed by atoms with Gasteiger partial charge in [-0.3, -0.25) is 4.79 Å². The molecule has 7 nitrogen and oxygen atoms in total. The molecule has 1 amide bonds. The largest absolute Gasteiger partial charge is 0.384 e. The van der Waals surface area contributed by atoms with Crippen LogP contribution in [-0.2, 0) is 0 Å². The van der Waals surface area contributed by atoms with E-state index in [1.807, 2.05) is 10.3 Å². The Labute approximate surface area is 149 Å². The summed E-state index contributed by atoms with van der Waals surface area (Å²) in [5.74, 6) is 0.954. The molecule has 0 unspecified atom stereocenters. The number of nitrogens with zero attached hydrogens (tertiary/aromatic N) is 5. The number of nitrogens with two attached hydrogens (primary N) is 1. The standard InChI is InChI=1S/C17H20N6OS/c18-13-10-12(17(24)22-7-4-2-1-3-5-8-22)11-14-20-15(21-23(13)14)16-19-6-9-25-16/h6,9-11H,1-5,7-8,18H2. The van der Waals surface area contributed by atoms with Crippen LogP contribution in [0.25, 0.3) is 16.5 Å². The van der Waals surface area contributed by atoms with Crippen LogP contribution in [0, 0.1) is 0 Å². The molecule has 2 N–H and O–H groups in total. The maximum atomic E-state index is 12.9. The van der Waals surface area contributed by atoms with Crippen LogP contribution < -0.4 is 5.73 Å². The lowest BCUT2D eigenvalue weighted by atomic mass is 10.1. The smallest absolute Gasteiger partial charge is 0.254 e. The van der Waals surface area contributed by atoms with Crippen molar-refractivity contribution in [2.24, 2.45) is 0 Å². The fourth-order valence-corrected chi connectivity index (χ4v) is 3.75. The molecule has 0 saturated carbocycles. The molecule has 8 heteroatoms. The molecule has 4 rings (SSSR count). The molecular formula is C17H20N6OS. The van der Waals surface area contributed by atoms with Crippen molar-refractivity contribution in [3.8, 4) is 10.8 Å². The summed E-state index contributed by atoms with van der Waals surface area (Å²) in [4.78, 5) is 23.5. The molecular weight excluding hydrogens is 336 g/mol. The summed E-state index contributed by atoms with van der Waals surface area (Å²) in [5, 5.41) is 7.01. The molecule has 25 heavy (non-hydrogen) atoms. The van der Waals surface area contributed by atoms with Gasteiger partial charge >= 0.3 is 0 Å². The molecule has 0 atom stereocenters. The fourth-order valence-electron chi connectivity index (χ4n) is 3.19. The first-order valence-corrected chi connectivity index (χ1v) is 9.46. The zero-order chi connectivity index (χ0) is 17.2. The normalized spacial score (nSPS) is 15.9. The lowest BCUT2D eigenvalue weighted by molar-refractivity contribution is 0.0742.